The van der Waals surface area contributed by atoms with Crippen molar-refractivity contribution in [1.29, 1.82) is 0 Å². The second kappa shape index (κ2) is 4.99. The van der Waals surface area contributed by atoms with Gasteiger partial charge in [-0.05, 0) is 12.5 Å². The van der Waals surface area contributed by atoms with Crippen molar-refractivity contribution in [1.82, 2.24) is 4.90 Å². The summed E-state index contributed by atoms with van der Waals surface area (Å²) >= 11 is 0. The lowest BCUT2D eigenvalue weighted by atomic mass is 10.1. The number of ketones is 1. The molecule has 1 heterocycles. The fraction of sp³-hybridized carbons (Fsp3) is 0.385. The highest BCUT2D eigenvalue weighted by molar-refractivity contribution is 5.78. The number of ether oxygens (including phenoxy) is 1. The second-order valence-electron chi connectivity index (χ2n) is 4.25. The van der Waals surface area contributed by atoms with Gasteiger partial charge in [0.15, 0.2) is 0 Å². The standard InChI is InChI=1S/C13H15NO3/c1-10(15)7-12-9-17-13(16)14(12)8-11-5-3-2-4-6-11/h2-6,12H,7-9H2,1H3. The predicted octanol–water partition coefficient (Wildman–Crippen LogP) is 1.99. The van der Waals surface area contributed by atoms with E-state index >= 15 is 0 Å². The molecule has 1 fully saturated rings. The van der Waals surface area contributed by atoms with Gasteiger partial charge >= 0.3 is 6.09 Å². The Morgan fingerprint density at radius 1 is 1.41 bits per heavy atom. The van der Waals surface area contributed by atoms with Gasteiger partial charge in [-0.15, -0.1) is 0 Å². The fourth-order valence-electron chi connectivity index (χ4n) is 1.96. The summed E-state index contributed by atoms with van der Waals surface area (Å²) in [5.74, 6) is 0.0753. The van der Waals surface area contributed by atoms with Crippen LogP contribution in [0.5, 0.6) is 0 Å². The zero-order chi connectivity index (χ0) is 12.3. The molecule has 1 saturated heterocycles. The first kappa shape index (κ1) is 11.6. The van der Waals surface area contributed by atoms with Crippen LogP contribution in [0.3, 0.4) is 0 Å². The van der Waals surface area contributed by atoms with E-state index in [1.54, 1.807) is 4.90 Å². The molecule has 0 radical (unpaired) electrons. The molecule has 4 heteroatoms. The fourth-order valence-corrected chi connectivity index (χ4v) is 1.96. The first-order valence-corrected chi connectivity index (χ1v) is 5.63. The van der Waals surface area contributed by atoms with Crippen LogP contribution in [0.2, 0.25) is 0 Å². The van der Waals surface area contributed by atoms with E-state index in [9.17, 15) is 9.59 Å². The molecule has 0 spiro atoms. The van der Waals surface area contributed by atoms with Crippen LogP contribution in [0.4, 0.5) is 4.79 Å². The van der Waals surface area contributed by atoms with Crippen molar-refractivity contribution in [3.05, 3.63) is 35.9 Å². The van der Waals surface area contributed by atoms with E-state index in [0.29, 0.717) is 19.6 Å². The minimum Gasteiger partial charge on any atom is -0.447 e. The molecule has 90 valence electrons. The minimum absolute atomic E-state index is 0.0753. The van der Waals surface area contributed by atoms with Crippen molar-refractivity contribution in [3.63, 3.8) is 0 Å². The molecule has 4 nitrogen and oxygen atoms in total. The summed E-state index contributed by atoms with van der Waals surface area (Å²) in [7, 11) is 0. The van der Waals surface area contributed by atoms with Crippen molar-refractivity contribution < 1.29 is 14.3 Å². The maximum Gasteiger partial charge on any atom is 0.410 e. The quantitative estimate of drug-likeness (QED) is 0.799. The molecule has 0 aliphatic carbocycles. The van der Waals surface area contributed by atoms with Crippen LogP contribution in [0.25, 0.3) is 0 Å². The van der Waals surface area contributed by atoms with Gasteiger partial charge in [-0.3, -0.25) is 9.69 Å². The third-order valence-corrected chi connectivity index (χ3v) is 2.79. The summed E-state index contributed by atoms with van der Waals surface area (Å²) in [6.07, 6.45) is 0.0265. The van der Waals surface area contributed by atoms with Gasteiger partial charge in [0, 0.05) is 13.0 Å². The number of cyclic esters (lactones) is 1. The molecule has 17 heavy (non-hydrogen) atoms. The Hall–Kier alpha value is -1.84. The number of hydrogen-bond acceptors (Lipinski definition) is 3. The van der Waals surface area contributed by atoms with E-state index in [0.717, 1.165) is 5.56 Å². The van der Waals surface area contributed by atoms with Gasteiger partial charge in [0.05, 0.1) is 6.04 Å². The highest BCUT2D eigenvalue weighted by Gasteiger charge is 2.33. The smallest absolute Gasteiger partial charge is 0.410 e. The summed E-state index contributed by atoms with van der Waals surface area (Å²) in [5.41, 5.74) is 1.04. The van der Waals surface area contributed by atoms with Crippen LogP contribution in [-0.4, -0.2) is 29.4 Å². The zero-order valence-electron chi connectivity index (χ0n) is 9.76. The largest absolute Gasteiger partial charge is 0.447 e. The number of nitrogens with zero attached hydrogens (tertiary/aromatic N) is 1. The molecule has 2 rings (SSSR count). The number of Topliss-reactive ketones (excluding diaryl/α,β-unsaturated/α-hetero) is 1. The Labute approximate surface area is 100 Å². The first-order chi connectivity index (χ1) is 8.16. The summed E-state index contributed by atoms with van der Waals surface area (Å²) < 4.78 is 4.99. The maximum atomic E-state index is 11.6. The Kier molecular flexibility index (Phi) is 3.42. The van der Waals surface area contributed by atoms with Gasteiger partial charge in [-0.1, -0.05) is 30.3 Å². The number of benzene rings is 1. The lowest BCUT2D eigenvalue weighted by Crippen LogP contribution is -2.34. The summed E-state index contributed by atoms with van der Waals surface area (Å²) in [6, 6.07) is 9.57. The molecule has 1 aromatic carbocycles. The van der Waals surface area contributed by atoms with Gasteiger partial charge in [0.25, 0.3) is 0 Å². The highest BCUT2D eigenvalue weighted by Crippen LogP contribution is 2.18. The van der Waals surface area contributed by atoms with Crippen LogP contribution in [0.15, 0.2) is 30.3 Å². The number of hydrogen-bond donors (Lipinski definition) is 0. The first-order valence-electron chi connectivity index (χ1n) is 5.63. The zero-order valence-corrected chi connectivity index (χ0v) is 9.76. The number of carbonyl (C=O) groups excluding carboxylic acids is 2. The van der Waals surface area contributed by atoms with E-state index in [2.05, 4.69) is 0 Å². The van der Waals surface area contributed by atoms with Crippen LogP contribution in [-0.2, 0) is 16.1 Å². The van der Waals surface area contributed by atoms with Gasteiger partial charge in [-0.2, -0.15) is 0 Å². The third kappa shape index (κ3) is 2.84. The SMILES string of the molecule is CC(=O)CC1COC(=O)N1Cc1ccccc1. The summed E-state index contributed by atoms with van der Waals surface area (Å²) in [4.78, 5) is 24.3. The lowest BCUT2D eigenvalue weighted by molar-refractivity contribution is -0.117. The summed E-state index contributed by atoms with van der Waals surface area (Å²) in [5, 5.41) is 0. The third-order valence-electron chi connectivity index (χ3n) is 2.79. The number of amides is 1. The van der Waals surface area contributed by atoms with E-state index in [1.165, 1.54) is 6.92 Å². The Balaban J connectivity index is 2.06. The molecule has 0 N–H and O–H groups in total. The number of rotatable bonds is 4. The van der Waals surface area contributed by atoms with E-state index < -0.39 is 0 Å². The Morgan fingerprint density at radius 2 is 2.12 bits per heavy atom. The molecule has 1 unspecified atom stereocenters. The lowest BCUT2D eigenvalue weighted by Gasteiger charge is -2.20. The normalized spacial score (nSPS) is 19.2. The molecular weight excluding hydrogens is 218 g/mol. The van der Waals surface area contributed by atoms with Gasteiger partial charge < -0.3 is 4.74 Å². The topological polar surface area (TPSA) is 46.6 Å². The van der Waals surface area contributed by atoms with Gasteiger partial charge in [0.2, 0.25) is 0 Å². The Morgan fingerprint density at radius 3 is 2.76 bits per heavy atom. The second-order valence-corrected chi connectivity index (χ2v) is 4.25. The van der Waals surface area contributed by atoms with Crippen molar-refractivity contribution in [3.8, 4) is 0 Å². The molecule has 0 aromatic heterocycles. The predicted molar refractivity (Wildman–Crippen MR) is 62.4 cm³/mol. The van der Waals surface area contributed by atoms with Crippen LogP contribution in [0, 0.1) is 0 Å². The molecule has 1 amide bonds. The minimum atomic E-state index is -0.333. The van der Waals surface area contributed by atoms with Gasteiger partial charge in [-0.25, -0.2) is 4.79 Å². The molecule has 0 bridgehead atoms. The molecule has 1 aromatic rings. The van der Waals surface area contributed by atoms with Crippen molar-refractivity contribution in [2.24, 2.45) is 0 Å². The van der Waals surface area contributed by atoms with Crippen molar-refractivity contribution in [2.75, 3.05) is 6.61 Å². The van der Waals surface area contributed by atoms with Crippen LogP contribution < -0.4 is 0 Å². The van der Waals surface area contributed by atoms with Crippen LogP contribution >= 0.6 is 0 Å². The highest BCUT2D eigenvalue weighted by atomic mass is 16.6. The molecular formula is C13H15NO3. The average Bonchev–Trinajstić information content (AvgIpc) is 2.62. The Bertz CT molecular complexity index is 416. The monoisotopic (exact) mass is 233 g/mol. The van der Waals surface area contributed by atoms with E-state index in [-0.39, 0.29) is 17.9 Å². The molecule has 0 saturated carbocycles. The molecule has 1 aliphatic heterocycles. The van der Waals surface area contributed by atoms with Crippen molar-refractivity contribution >= 4 is 11.9 Å². The average molecular weight is 233 g/mol. The van der Waals surface area contributed by atoms with E-state index in [4.69, 9.17) is 4.74 Å². The summed E-state index contributed by atoms with van der Waals surface area (Å²) in [6.45, 7) is 2.34. The molecule has 1 aliphatic rings. The van der Waals surface area contributed by atoms with Crippen molar-refractivity contribution in [2.45, 2.75) is 25.9 Å². The molecule has 1 atom stereocenters. The van der Waals surface area contributed by atoms with E-state index in [1.807, 2.05) is 30.3 Å². The van der Waals surface area contributed by atoms with Gasteiger partial charge in [0.1, 0.15) is 12.4 Å². The number of carbonyl (C=O) groups is 2. The maximum absolute atomic E-state index is 11.6. The van der Waals surface area contributed by atoms with Crippen LogP contribution in [0.1, 0.15) is 18.9 Å².